The second-order valence-corrected chi connectivity index (χ2v) is 4.36. The number of alkyl halides is 3. The molecule has 2 rings (SSSR count). The summed E-state index contributed by atoms with van der Waals surface area (Å²) in [6.07, 6.45) is -4.52. The molecule has 0 bridgehead atoms. The minimum atomic E-state index is -4.17. The Labute approximate surface area is 108 Å². The van der Waals surface area contributed by atoms with Crippen molar-refractivity contribution in [1.29, 1.82) is 0 Å². The Kier molecular flexibility index (Phi) is 3.71. The van der Waals surface area contributed by atoms with E-state index in [0.29, 0.717) is 11.4 Å². The van der Waals surface area contributed by atoms with E-state index in [9.17, 15) is 18.3 Å². The summed E-state index contributed by atoms with van der Waals surface area (Å²) in [6.45, 7) is 1.64. The third kappa shape index (κ3) is 3.64. The molecule has 2 N–H and O–H groups in total. The predicted molar refractivity (Wildman–Crippen MR) is 65.9 cm³/mol. The van der Waals surface area contributed by atoms with Crippen LogP contribution in [0, 0.1) is 0 Å². The van der Waals surface area contributed by atoms with Crippen LogP contribution in [0.1, 0.15) is 18.9 Å². The Hall–Kier alpha value is -1.69. The van der Waals surface area contributed by atoms with Crippen LogP contribution in [0.2, 0.25) is 0 Å². The molecule has 6 heteroatoms. The van der Waals surface area contributed by atoms with Gasteiger partial charge in [0.15, 0.2) is 0 Å². The van der Waals surface area contributed by atoms with Gasteiger partial charge in [0.25, 0.3) is 0 Å². The van der Waals surface area contributed by atoms with Gasteiger partial charge in [0, 0.05) is 23.9 Å². The Morgan fingerprint density at radius 1 is 1.37 bits per heavy atom. The van der Waals surface area contributed by atoms with Gasteiger partial charge in [-0.2, -0.15) is 13.2 Å². The highest BCUT2D eigenvalue weighted by molar-refractivity contribution is 5.73. The van der Waals surface area contributed by atoms with Crippen molar-refractivity contribution in [2.45, 2.75) is 25.8 Å². The second kappa shape index (κ2) is 5.13. The average Bonchev–Trinajstić information content (AvgIpc) is 2.26. The minimum Gasteiger partial charge on any atom is -0.461 e. The summed E-state index contributed by atoms with van der Waals surface area (Å²) in [5.74, 6) is 0.463. The summed E-state index contributed by atoms with van der Waals surface area (Å²) in [5.41, 5.74) is 2.23. The lowest BCUT2D eigenvalue weighted by atomic mass is 10.0. The van der Waals surface area contributed by atoms with E-state index in [1.54, 1.807) is 24.3 Å². The first-order valence-electron chi connectivity index (χ1n) is 5.83. The Bertz CT molecular complexity index is 497. The highest BCUT2D eigenvalue weighted by atomic mass is 19.4. The first kappa shape index (κ1) is 13.7. The van der Waals surface area contributed by atoms with Gasteiger partial charge in [-0.1, -0.05) is 0 Å². The van der Waals surface area contributed by atoms with E-state index in [1.807, 2.05) is 6.92 Å². The molecule has 104 valence electrons. The number of hydrogen-bond acceptors (Lipinski definition) is 3. The van der Waals surface area contributed by atoms with Gasteiger partial charge in [-0.15, -0.1) is 0 Å². The molecule has 0 fully saturated rings. The molecule has 0 radical (unpaired) electrons. The Morgan fingerprint density at radius 2 is 2.11 bits per heavy atom. The van der Waals surface area contributed by atoms with Crippen LogP contribution in [0.15, 0.2) is 24.3 Å². The quantitative estimate of drug-likeness (QED) is 0.888. The number of nitrogens with one attached hydrogen (secondary N) is 1. The number of rotatable bonds is 3. The van der Waals surface area contributed by atoms with Gasteiger partial charge < -0.3 is 15.2 Å². The molecule has 0 spiro atoms. The van der Waals surface area contributed by atoms with Crippen molar-refractivity contribution in [3.8, 4) is 5.75 Å². The fraction of sp³-hybridized carbons (Fsp3) is 0.385. The van der Waals surface area contributed by atoms with Crippen molar-refractivity contribution < 1.29 is 23.0 Å². The molecule has 0 aliphatic carbocycles. The fourth-order valence-corrected chi connectivity index (χ4v) is 1.87. The monoisotopic (exact) mass is 273 g/mol. The van der Waals surface area contributed by atoms with Crippen molar-refractivity contribution in [1.82, 2.24) is 0 Å². The third-order valence-corrected chi connectivity index (χ3v) is 2.78. The van der Waals surface area contributed by atoms with Gasteiger partial charge in [-0.3, -0.25) is 0 Å². The number of benzene rings is 1. The molecule has 19 heavy (non-hydrogen) atoms. The zero-order chi connectivity index (χ0) is 14.0. The van der Waals surface area contributed by atoms with Crippen molar-refractivity contribution >= 4 is 11.3 Å². The van der Waals surface area contributed by atoms with Crippen LogP contribution < -0.4 is 10.1 Å². The maximum atomic E-state index is 12.0. The number of halogens is 3. The number of anilines is 1. The molecule has 1 aliphatic rings. The number of ether oxygens (including phenoxy) is 1. The summed E-state index contributed by atoms with van der Waals surface area (Å²) in [5, 5.41) is 12.1. The standard InChI is InChI=1S/C13H14F3NO2/c1-8-6-12(18)19-11-7-9(2-3-10(8)11)17-5-4-13(14,15)16/h2-3,6-7,12,17-18H,4-5H2,1H3. The highest BCUT2D eigenvalue weighted by Crippen LogP contribution is 2.33. The average molecular weight is 273 g/mol. The van der Waals surface area contributed by atoms with E-state index in [1.165, 1.54) is 0 Å². The summed E-state index contributed by atoms with van der Waals surface area (Å²) >= 11 is 0. The third-order valence-electron chi connectivity index (χ3n) is 2.78. The van der Waals surface area contributed by atoms with Crippen LogP contribution in [0.3, 0.4) is 0 Å². The van der Waals surface area contributed by atoms with E-state index in [4.69, 9.17) is 4.74 Å². The normalized spacial score (nSPS) is 18.4. The van der Waals surface area contributed by atoms with Crippen molar-refractivity contribution in [3.63, 3.8) is 0 Å². The van der Waals surface area contributed by atoms with Gasteiger partial charge in [0.05, 0.1) is 6.42 Å². The molecule has 0 saturated carbocycles. The zero-order valence-corrected chi connectivity index (χ0v) is 10.3. The number of aliphatic hydroxyl groups excluding tert-OH is 1. The van der Waals surface area contributed by atoms with E-state index in [-0.39, 0.29) is 6.54 Å². The zero-order valence-electron chi connectivity index (χ0n) is 10.3. The van der Waals surface area contributed by atoms with Gasteiger partial charge >= 0.3 is 6.18 Å². The van der Waals surface area contributed by atoms with Crippen molar-refractivity contribution in [2.24, 2.45) is 0 Å². The maximum absolute atomic E-state index is 12.0. The molecular formula is C13H14F3NO2. The summed E-state index contributed by atoms with van der Waals surface area (Å²) in [6, 6.07) is 5.03. The fourth-order valence-electron chi connectivity index (χ4n) is 1.87. The predicted octanol–water partition coefficient (Wildman–Crippen LogP) is 3.17. The molecular weight excluding hydrogens is 259 g/mol. The summed E-state index contributed by atoms with van der Waals surface area (Å²) < 4.78 is 41.3. The molecule has 3 nitrogen and oxygen atoms in total. The van der Waals surface area contributed by atoms with Gasteiger partial charge in [-0.05, 0) is 30.7 Å². The molecule has 0 amide bonds. The van der Waals surface area contributed by atoms with Crippen molar-refractivity contribution in [3.05, 3.63) is 29.8 Å². The maximum Gasteiger partial charge on any atom is 0.390 e. The molecule has 1 unspecified atom stereocenters. The van der Waals surface area contributed by atoms with Gasteiger partial charge in [0.2, 0.25) is 6.29 Å². The van der Waals surface area contributed by atoms with Gasteiger partial charge in [-0.25, -0.2) is 0 Å². The number of fused-ring (bicyclic) bond motifs is 1. The molecule has 1 aliphatic heterocycles. The molecule has 0 aromatic heterocycles. The largest absolute Gasteiger partial charge is 0.461 e. The first-order chi connectivity index (χ1) is 8.85. The summed E-state index contributed by atoms with van der Waals surface area (Å²) in [7, 11) is 0. The lowest BCUT2D eigenvalue weighted by Gasteiger charge is -2.21. The number of hydrogen-bond donors (Lipinski definition) is 2. The van der Waals surface area contributed by atoms with E-state index in [0.717, 1.165) is 11.1 Å². The topological polar surface area (TPSA) is 41.5 Å². The molecule has 1 atom stereocenters. The number of aliphatic hydroxyl groups is 1. The minimum absolute atomic E-state index is 0.195. The lowest BCUT2D eigenvalue weighted by molar-refractivity contribution is -0.131. The number of allylic oxidation sites excluding steroid dienone is 1. The lowest BCUT2D eigenvalue weighted by Crippen LogP contribution is -2.18. The smallest absolute Gasteiger partial charge is 0.390 e. The van der Waals surface area contributed by atoms with Crippen LogP contribution in [0.5, 0.6) is 5.75 Å². The van der Waals surface area contributed by atoms with Crippen molar-refractivity contribution in [2.75, 3.05) is 11.9 Å². The van der Waals surface area contributed by atoms with Gasteiger partial charge in [0.1, 0.15) is 5.75 Å². The van der Waals surface area contributed by atoms with Crippen LogP contribution >= 0.6 is 0 Å². The Balaban J connectivity index is 2.06. The second-order valence-electron chi connectivity index (χ2n) is 4.36. The Morgan fingerprint density at radius 3 is 2.79 bits per heavy atom. The van der Waals surface area contributed by atoms with Crippen LogP contribution in [0.4, 0.5) is 18.9 Å². The first-order valence-corrected chi connectivity index (χ1v) is 5.83. The summed E-state index contributed by atoms with van der Waals surface area (Å²) in [4.78, 5) is 0. The van der Waals surface area contributed by atoms with E-state index < -0.39 is 18.9 Å². The van der Waals surface area contributed by atoms with E-state index >= 15 is 0 Å². The molecule has 1 aromatic rings. The van der Waals surface area contributed by atoms with E-state index in [2.05, 4.69) is 5.32 Å². The SMILES string of the molecule is CC1=CC(O)Oc2cc(NCCC(F)(F)F)ccc21. The van der Waals surface area contributed by atoms with Crippen LogP contribution in [-0.2, 0) is 0 Å². The molecule has 1 heterocycles. The highest BCUT2D eigenvalue weighted by Gasteiger charge is 2.26. The van der Waals surface area contributed by atoms with Crippen LogP contribution in [-0.4, -0.2) is 24.1 Å². The van der Waals surface area contributed by atoms with Crippen LogP contribution in [0.25, 0.3) is 5.57 Å². The molecule has 0 saturated heterocycles. The molecule has 1 aromatic carbocycles.